The van der Waals surface area contributed by atoms with Crippen molar-refractivity contribution >= 4 is 5.91 Å². The maximum atomic E-state index is 12.9. The highest BCUT2D eigenvalue weighted by molar-refractivity contribution is 5.79. The monoisotopic (exact) mass is 314 g/mol. The molecule has 3 atom stereocenters. The molecule has 1 saturated heterocycles. The van der Waals surface area contributed by atoms with Crippen molar-refractivity contribution in [2.24, 2.45) is 17.8 Å². The van der Waals surface area contributed by atoms with Crippen molar-refractivity contribution in [3.63, 3.8) is 0 Å². The number of pyridine rings is 1. The third-order valence-corrected chi connectivity index (χ3v) is 6.09. The smallest absolute Gasteiger partial charge is 0.225 e. The molecule has 0 spiro atoms. The van der Waals surface area contributed by atoms with Gasteiger partial charge in [-0.25, -0.2) is 0 Å². The molecule has 1 aromatic heterocycles. The molecule has 4 nitrogen and oxygen atoms in total. The number of likely N-dealkylation sites (tertiary alicyclic amines) is 1. The van der Waals surface area contributed by atoms with Crippen LogP contribution in [-0.4, -0.2) is 35.0 Å². The topological polar surface area (TPSA) is 42.4 Å². The van der Waals surface area contributed by atoms with Gasteiger partial charge in [0.05, 0.1) is 6.20 Å². The molecule has 0 bridgehead atoms. The number of carbonyl (C=O) groups excluding carboxylic acids is 1. The normalized spacial score (nSPS) is 31.1. The summed E-state index contributed by atoms with van der Waals surface area (Å²) >= 11 is 0. The molecule has 124 valence electrons. The minimum absolute atomic E-state index is 0.214. The van der Waals surface area contributed by atoms with Crippen LogP contribution in [0.3, 0.4) is 0 Å². The molecule has 1 aromatic rings. The Morgan fingerprint density at radius 3 is 2.78 bits per heavy atom. The van der Waals surface area contributed by atoms with Gasteiger partial charge in [-0.1, -0.05) is 12.8 Å². The van der Waals surface area contributed by atoms with E-state index in [1.54, 1.807) is 12.4 Å². The molecule has 4 heteroatoms. The predicted octanol–water partition coefficient (Wildman–Crippen LogP) is 3.28. The number of carbonyl (C=O) groups is 1. The molecule has 4 rings (SSSR count). The molecule has 0 aromatic carbocycles. The molecule has 2 heterocycles. The van der Waals surface area contributed by atoms with Gasteiger partial charge in [0.1, 0.15) is 11.9 Å². The summed E-state index contributed by atoms with van der Waals surface area (Å²) in [5, 5.41) is 0. The minimum Gasteiger partial charge on any atom is -0.489 e. The second-order valence-electron chi connectivity index (χ2n) is 7.37. The highest BCUT2D eigenvalue weighted by Crippen LogP contribution is 2.48. The van der Waals surface area contributed by atoms with Gasteiger partial charge in [0.2, 0.25) is 5.91 Å². The van der Waals surface area contributed by atoms with Crippen molar-refractivity contribution in [3.8, 4) is 5.75 Å². The number of rotatable bonds is 3. The summed E-state index contributed by atoms with van der Waals surface area (Å²) in [7, 11) is 0. The van der Waals surface area contributed by atoms with E-state index < -0.39 is 0 Å². The number of hydrogen-bond donors (Lipinski definition) is 0. The first-order chi connectivity index (χ1) is 11.3. The summed E-state index contributed by atoms with van der Waals surface area (Å²) in [6.45, 7) is 1.69. The van der Waals surface area contributed by atoms with Gasteiger partial charge in [0, 0.05) is 38.0 Å². The number of nitrogens with zero attached hydrogens (tertiary/aromatic N) is 2. The van der Waals surface area contributed by atoms with Crippen LogP contribution in [0, 0.1) is 17.8 Å². The van der Waals surface area contributed by atoms with Gasteiger partial charge in [-0.2, -0.15) is 0 Å². The second kappa shape index (κ2) is 6.50. The average molecular weight is 314 g/mol. The molecule has 0 unspecified atom stereocenters. The Morgan fingerprint density at radius 1 is 1.13 bits per heavy atom. The van der Waals surface area contributed by atoms with Gasteiger partial charge < -0.3 is 9.64 Å². The van der Waals surface area contributed by atoms with Gasteiger partial charge >= 0.3 is 0 Å². The Balaban J connectivity index is 1.30. The van der Waals surface area contributed by atoms with E-state index in [1.165, 1.54) is 25.7 Å². The number of hydrogen-bond acceptors (Lipinski definition) is 3. The number of amides is 1. The number of ether oxygens (including phenoxy) is 1. The van der Waals surface area contributed by atoms with Gasteiger partial charge in [0.15, 0.2) is 0 Å². The van der Waals surface area contributed by atoms with E-state index >= 15 is 0 Å². The van der Waals surface area contributed by atoms with E-state index in [4.69, 9.17) is 4.74 Å². The van der Waals surface area contributed by atoms with E-state index in [0.717, 1.165) is 44.0 Å². The molecule has 1 aliphatic heterocycles. The maximum absolute atomic E-state index is 12.9. The second-order valence-corrected chi connectivity index (χ2v) is 7.37. The van der Waals surface area contributed by atoms with E-state index in [9.17, 15) is 4.79 Å². The van der Waals surface area contributed by atoms with Crippen molar-refractivity contribution in [1.82, 2.24) is 9.88 Å². The molecule has 2 saturated carbocycles. The number of piperidine rings is 1. The molecule has 3 fully saturated rings. The lowest BCUT2D eigenvalue weighted by molar-refractivity contribution is -0.138. The molecule has 23 heavy (non-hydrogen) atoms. The molecular formula is C19H26N2O2. The Bertz CT molecular complexity index is 540. The van der Waals surface area contributed by atoms with Gasteiger partial charge in [0.25, 0.3) is 0 Å². The fourth-order valence-corrected chi connectivity index (χ4v) is 4.91. The van der Waals surface area contributed by atoms with Crippen LogP contribution in [0.1, 0.15) is 44.9 Å². The number of aromatic nitrogens is 1. The molecular weight excluding hydrogens is 288 g/mol. The minimum atomic E-state index is 0.214. The van der Waals surface area contributed by atoms with Crippen LogP contribution in [0.15, 0.2) is 24.5 Å². The summed E-state index contributed by atoms with van der Waals surface area (Å²) < 4.78 is 5.98. The van der Waals surface area contributed by atoms with Crippen LogP contribution < -0.4 is 4.74 Å². The number of fused-ring (bicyclic) bond motifs is 1. The Labute approximate surface area is 138 Å². The zero-order valence-corrected chi connectivity index (χ0v) is 13.7. The zero-order valence-electron chi connectivity index (χ0n) is 13.7. The first-order valence-corrected chi connectivity index (χ1v) is 9.17. The van der Waals surface area contributed by atoms with Gasteiger partial charge in [-0.15, -0.1) is 0 Å². The lowest BCUT2D eigenvalue weighted by Crippen LogP contribution is -2.45. The van der Waals surface area contributed by atoms with E-state index in [1.807, 2.05) is 12.1 Å². The molecule has 0 N–H and O–H groups in total. The average Bonchev–Trinajstić information content (AvgIpc) is 3.19. The fraction of sp³-hybridized carbons (Fsp3) is 0.684. The van der Waals surface area contributed by atoms with Crippen molar-refractivity contribution in [2.45, 2.75) is 51.0 Å². The van der Waals surface area contributed by atoms with E-state index in [2.05, 4.69) is 9.88 Å². The lowest BCUT2D eigenvalue weighted by atomic mass is 9.90. The van der Waals surface area contributed by atoms with Crippen LogP contribution in [0.25, 0.3) is 0 Å². The first kappa shape index (κ1) is 15.0. The Hall–Kier alpha value is -1.58. The van der Waals surface area contributed by atoms with Crippen molar-refractivity contribution in [2.75, 3.05) is 13.1 Å². The van der Waals surface area contributed by atoms with Crippen LogP contribution in [0.5, 0.6) is 5.75 Å². The van der Waals surface area contributed by atoms with Crippen molar-refractivity contribution < 1.29 is 9.53 Å². The van der Waals surface area contributed by atoms with Crippen molar-refractivity contribution in [3.05, 3.63) is 24.5 Å². The quantitative estimate of drug-likeness (QED) is 0.860. The highest BCUT2D eigenvalue weighted by atomic mass is 16.5. The Morgan fingerprint density at radius 2 is 2.00 bits per heavy atom. The van der Waals surface area contributed by atoms with Crippen molar-refractivity contribution in [1.29, 1.82) is 0 Å². The molecule has 1 amide bonds. The largest absolute Gasteiger partial charge is 0.489 e. The third kappa shape index (κ3) is 3.08. The SMILES string of the molecule is O=C([C@H]1CC[C@@H]2CCC[C@@H]21)N1CCC(Oc2cccnc2)CC1. The molecule has 3 aliphatic rings. The van der Waals surface area contributed by atoms with Crippen LogP contribution in [0.4, 0.5) is 0 Å². The van der Waals surface area contributed by atoms with Crippen LogP contribution in [-0.2, 0) is 4.79 Å². The maximum Gasteiger partial charge on any atom is 0.225 e. The molecule has 2 aliphatic carbocycles. The standard InChI is InChI=1S/C19H26N2O2/c22-19(18-7-6-14-3-1-5-17(14)18)21-11-8-15(9-12-21)23-16-4-2-10-20-13-16/h2,4,10,13-15,17-18H,1,3,5-9,11-12H2/t14-,17-,18-/m0/s1. The Kier molecular flexibility index (Phi) is 4.23. The van der Waals surface area contributed by atoms with Gasteiger partial charge in [-0.3, -0.25) is 9.78 Å². The van der Waals surface area contributed by atoms with E-state index in [0.29, 0.717) is 17.7 Å². The summed E-state index contributed by atoms with van der Waals surface area (Å²) in [4.78, 5) is 19.1. The van der Waals surface area contributed by atoms with E-state index in [-0.39, 0.29) is 6.10 Å². The third-order valence-electron chi connectivity index (χ3n) is 6.09. The summed E-state index contributed by atoms with van der Waals surface area (Å²) in [6.07, 6.45) is 12.0. The molecule has 0 radical (unpaired) electrons. The summed E-state index contributed by atoms with van der Waals surface area (Å²) in [6, 6.07) is 3.84. The highest BCUT2D eigenvalue weighted by Gasteiger charge is 2.44. The summed E-state index contributed by atoms with van der Waals surface area (Å²) in [5.74, 6) is 3.11. The zero-order chi connectivity index (χ0) is 15.6. The van der Waals surface area contributed by atoms with Gasteiger partial charge in [-0.05, 0) is 43.2 Å². The summed E-state index contributed by atoms with van der Waals surface area (Å²) in [5.41, 5.74) is 0. The fourth-order valence-electron chi connectivity index (χ4n) is 4.91. The van der Waals surface area contributed by atoms with Crippen LogP contribution in [0.2, 0.25) is 0 Å². The first-order valence-electron chi connectivity index (χ1n) is 9.17. The van der Waals surface area contributed by atoms with Crippen LogP contribution >= 0.6 is 0 Å². The predicted molar refractivity (Wildman–Crippen MR) is 88.0 cm³/mol. The lowest BCUT2D eigenvalue weighted by Gasteiger charge is -2.34.